The Kier molecular flexibility index (Phi) is 3.01. The van der Waals surface area contributed by atoms with Crippen molar-refractivity contribution in [3.05, 3.63) is 35.5 Å². The predicted molar refractivity (Wildman–Crippen MR) is 69.8 cm³/mol. The van der Waals surface area contributed by atoms with Crippen molar-refractivity contribution in [1.82, 2.24) is 4.57 Å². The van der Waals surface area contributed by atoms with E-state index in [1.54, 1.807) is 0 Å². The lowest BCUT2D eigenvalue weighted by Crippen LogP contribution is -2.08. The van der Waals surface area contributed by atoms with Gasteiger partial charge in [-0.15, -0.1) is 0 Å². The van der Waals surface area contributed by atoms with Crippen LogP contribution in [-0.4, -0.2) is 11.1 Å². The zero-order chi connectivity index (χ0) is 11.7. The first-order chi connectivity index (χ1) is 7.69. The second kappa shape index (κ2) is 4.30. The van der Waals surface area contributed by atoms with Gasteiger partial charge in [-0.3, -0.25) is 0 Å². The van der Waals surface area contributed by atoms with Crippen LogP contribution in [0.25, 0.3) is 10.9 Å². The van der Waals surface area contributed by atoms with E-state index in [4.69, 9.17) is 5.73 Å². The third kappa shape index (κ3) is 1.63. The summed E-state index contributed by atoms with van der Waals surface area (Å²) in [7, 11) is 2.12. The van der Waals surface area contributed by atoms with Gasteiger partial charge in [0, 0.05) is 18.6 Å². The molecular formula is C14H20N2. The highest BCUT2D eigenvalue weighted by atomic mass is 14.9. The lowest BCUT2D eigenvalue weighted by Gasteiger charge is -2.07. The van der Waals surface area contributed by atoms with E-state index in [0.29, 0.717) is 12.5 Å². The number of hydrogen-bond donors (Lipinski definition) is 1. The van der Waals surface area contributed by atoms with Crippen LogP contribution in [0.5, 0.6) is 0 Å². The van der Waals surface area contributed by atoms with E-state index < -0.39 is 0 Å². The molecule has 0 bridgehead atoms. The molecule has 16 heavy (non-hydrogen) atoms. The monoisotopic (exact) mass is 216 g/mol. The van der Waals surface area contributed by atoms with Gasteiger partial charge >= 0.3 is 0 Å². The first kappa shape index (κ1) is 11.2. The van der Waals surface area contributed by atoms with Gasteiger partial charge < -0.3 is 10.3 Å². The zero-order valence-corrected chi connectivity index (χ0v) is 10.3. The molecule has 0 spiro atoms. The van der Waals surface area contributed by atoms with Crippen LogP contribution < -0.4 is 5.73 Å². The first-order valence-corrected chi connectivity index (χ1v) is 5.95. The van der Waals surface area contributed by atoms with Crippen LogP contribution in [0.1, 0.15) is 30.9 Å². The molecule has 0 fully saturated rings. The molecule has 86 valence electrons. The number of hydrogen-bond acceptors (Lipinski definition) is 1. The van der Waals surface area contributed by atoms with Gasteiger partial charge in [0.1, 0.15) is 0 Å². The number of rotatable bonds is 3. The van der Waals surface area contributed by atoms with Crippen LogP contribution in [0.2, 0.25) is 0 Å². The molecule has 0 aliphatic carbocycles. The third-order valence-electron chi connectivity index (χ3n) is 3.38. The summed E-state index contributed by atoms with van der Waals surface area (Å²) in [6, 6.07) is 6.56. The lowest BCUT2D eigenvalue weighted by molar-refractivity contribution is 0.774. The molecule has 0 saturated heterocycles. The molecular weight excluding hydrogens is 196 g/mol. The highest BCUT2D eigenvalue weighted by molar-refractivity contribution is 5.87. The first-order valence-electron chi connectivity index (χ1n) is 5.95. The minimum absolute atomic E-state index is 0.427. The molecule has 2 N–H and O–H groups in total. The Morgan fingerprint density at radius 1 is 1.38 bits per heavy atom. The Labute approximate surface area is 97.1 Å². The minimum Gasteiger partial charge on any atom is -0.350 e. The van der Waals surface area contributed by atoms with Gasteiger partial charge in [0.15, 0.2) is 0 Å². The number of benzene rings is 1. The quantitative estimate of drug-likeness (QED) is 0.840. The number of para-hydroxylation sites is 1. The number of aryl methyl sites for hydroxylation is 2. The molecule has 1 heterocycles. The van der Waals surface area contributed by atoms with E-state index in [2.05, 4.69) is 49.9 Å². The van der Waals surface area contributed by atoms with Crippen LogP contribution in [0.4, 0.5) is 0 Å². The Morgan fingerprint density at radius 2 is 2.12 bits per heavy atom. The van der Waals surface area contributed by atoms with Crippen molar-refractivity contribution in [2.45, 2.75) is 26.2 Å². The standard InChI is InChI=1S/C14H20N2/c1-4-11-6-5-7-12-13(10(2)8-15)9-16(3)14(11)12/h5-7,9-10H,4,8,15H2,1-3H3. The summed E-state index contributed by atoms with van der Waals surface area (Å²) in [5, 5.41) is 1.36. The summed E-state index contributed by atoms with van der Waals surface area (Å²) in [5.74, 6) is 0.427. The highest BCUT2D eigenvalue weighted by Gasteiger charge is 2.13. The lowest BCUT2D eigenvalue weighted by atomic mass is 9.99. The normalized spacial score (nSPS) is 13.2. The largest absolute Gasteiger partial charge is 0.350 e. The predicted octanol–water partition coefficient (Wildman–Crippen LogP) is 2.80. The van der Waals surface area contributed by atoms with Crippen molar-refractivity contribution in [3.8, 4) is 0 Å². The van der Waals surface area contributed by atoms with Gasteiger partial charge in [0.25, 0.3) is 0 Å². The summed E-state index contributed by atoms with van der Waals surface area (Å²) in [5.41, 5.74) is 9.91. The number of fused-ring (bicyclic) bond motifs is 1. The van der Waals surface area contributed by atoms with Crippen LogP contribution in [0, 0.1) is 0 Å². The molecule has 2 nitrogen and oxygen atoms in total. The van der Waals surface area contributed by atoms with E-state index in [-0.39, 0.29) is 0 Å². The van der Waals surface area contributed by atoms with Crippen LogP contribution in [0.15, 0.2) is 24.4 Å². The summed E-state index contributed by atoms with van der Waals surface area (Å²) in [4.78, 5) is 0. The van der Waals surface area contributed by atoms with E-state index in [1.165, 1.54) is 22.0 Å². The summed E-state index contributed by atoms with van der Waals surface area (Å²) >= 11 is 0. The average molecular weight is 216 g/mol. The number of nitrogens with two attached hydrogens (primary N) is 1. The molecule has 0 amide bonds. The fraction of sp³-hybridized carbons (Fsp3) is 0.429. The smallest absolute Gasteiger partial charge is 0.0513 e. The topological polar surface area (TPSA) is 30.9 Å². The maximum Gasteiger partial charge on any atom is 0.0513 e. The Hall–Kier alpha value is -1.28. The van der Waals surface area contributed by atoms with Gasteiger partial charge in [-0.05, 0) is 30.0 Å². The maximum atomic E-state index is 5.77. The van der Waals surface area contributed by atoms with Crippen molar-refractivity contribution >= 4 is 10.9 Å². The fourth-order valence-electron chi connectivity index (χ4n) is 2.39. The number of aromatic nitrogens is 1. The Morgan fingerprint density at radius 3 is 2.75 bits per heavy atom. The molecule has 1 unspecified atom stereocenters. The van der Waals surface area contributed by atoms with Crippen LogP contribution in [0.3, 0.4) is 0 Å². The van der Waals surface area contributed by atoms with Crippen molar-refractivity contribution < 1.29 is 0 Å². The van der Waals surface area contributed by atoms with E-state index >= 15 is 0 Å². The van der Waals surface area contributed by atoms with Crippen molar-refractivity contribution in [2.75, 3.05) is 6.54 Å². The van der Waals surface area contributed by atoms with Gasteiger partial charge in [-0.1, -0.05) is 32.0 Å². The van der Waals surface area contributed by atoms with E-state index in [0.717, 1.165) is 6.42 Å². The molecule has 2 aromatic rings. The second-order valence-electron chi connectivity index (χ2n) is 4.50. The van der Waals surface area contributed by atoms with Crippen LogP contribution in [-0.2, 0) is 13.5 Å². The number of nitrogens with zero attached hydrogens (tertiary/aromatic N) is 1. The van der Waals surface area contributed by atoms with E-state index in [1.807, 2.05) is 0 Å². The molecule has 2 heteroatoms. The maximum absolute atomic E-state index is 5.77. The van der Waals surface area contributed by atoms with E-state index in [9.17, 15) is 0 Å². The molecule has 1 aromatic carbocycles. The van der Waals surface area contributed by atoms with Crippen molar-refractivity contribution in [1.29, 1.82) is 0 Å². The molecule has 0 radical (unpaired) electrons. The summed E-state index contributed by atoms with van der Waals surface area (Å²) in [6.07, 6.45) is 3.30. The Bertz CT molecular complexity index is 497. The van der Waals surface area contributed by atoms with Crippen molar-refractivity contribution in [2.24, 2.45) is 12.8 Å². The minimum atomic E-state index is 0.427. The van der Waals surface area contributed by atoms with Gasteiger partial charge in [0.2, 0.25) is 0 Å². The summed E-state index contributed by atoms with van der Waals surface area (Å²) < 4.78 is 2.23. The zero-order valence-electron chi connectivity index (χ0n) is 10.3. The molecule has 0 saturated carbocycles. The van der Waals surface area contributed by atoms with Gasteiger partial charge in [-0.25, -0.2) is 0 Å². The van der Waals surface area contributed by atoms with Gasteiger partial charge in [-0.2, -0.15) is 0 Å². The molecule has 2 rings (SSSR count). The van der Waals surface area contributed by atoms with Crippen LogP contribution >= 0.6 is 0 Å². The van der Waals surface area contributed by atoms with Gasteiger partial charge in [0.05, 0.1) is 5.52 Å². The molecule has 0 aliphatic heterocycles. The molecule has 1 atom stereocenters. The highest BCUT2D eigenvalue weighted by Crippen LogP contribution is 2.29. The second-order valence-corrected chi connectivity index (χ2v) is 4.50. The summed E-state index contributed by atoms with van der Waals surface area (Å²) in [6.45, 7) is 5.09. The molecule has 0 aliphatic rings. The van der Waals surface area contributed by atoms with Crippen molar-refractivity contribution in [3.63, 3.8) is 0 Å². The third-order valence-corrected chi connectivity index (χ3v) is 3.38. The fourth-order valence-corrected chi connectivity index (χ4v) is 2.39. The average Bonchev–Trinajstić information content (AvgIpc) is 2.66. The SMILES string of the molecule is CCc1cccc2c(C(C)CN)cn(C)c12. The molecule has 1 aromatic heterocycles. The Balaban J connectivity index is 2.71.